The second-order valence-corrected chi connectivity index (χ2v) is 13.8. The van der Waals surface area contributed by atoms with Gasteiger partial charge in [-0.25, -0.2) is 24.4 Å². The molecule has 0 saturated heterocycles. The van der Waals surface area contributed by atoms with Gasteiger partial charge in [-0.1, -0.05) is 32.6 Å². The second kappa shape index (κ2) is 19.3. The number of aromatic nitrogens is 2. The minimum Gasteiger partial charge on any atom is -0.496 e. The van der Waals surface area contributed by atoms with Crippen LogP contribution in [0.5, 0.6) is 5.75 Å². The Bertz CT molecular complexity index is 2310. The van der Waals surface area contributed by atoms with Crippen molar-refractivity contribution in [3.63, 3.8) is 0 Å². The van der Waals surface area contributed by atoms with Gasteiger partial charge in [-0.15, -0.1) is 0 Å². The van der Waals surface area contributed by atoms with Crippen molar-refractivity contribution in [3.8, 4) is 16.9 Å². The molecule has 60 heavy (non-hydrogen) atoms. The lowest BCUT2D eigenvalue weighted by molar-refractivity contribution is -0.169. The maximum atomic E-state index is 14.1. The van der Waals surface area contributed by atoms with Gasteiger partial charge in [-0.3, -0.25) is 25.1 Å². The first kappa shape index (κ1) is 43.7. The summed E-state index contributed by atoms with van der Waals surface area (Å²) in [4.78, 5) is 88.1. The molecule has 1 aliphatic carbocycles. The maximum Gasteiger partial charge on any atom is 0.415 e. The Labute approximate surface area is 345 Å². The first-order valence-corrected chi connectivity index (χ1v) is 18.7. The molecule has 0 bridgehead atoms. The number of alkyl carbamates (subject to hydrolysis) is 1. The summed E-state index contributed by atoms with van der Waals surface area (Å²) in [6, 6.07) is 16.6. The zero-order valence-electron chi connectivity index (χ0n) is 33.8. The fraction of sp³-hybridized carbons (Fsp3) is 0.279. The molecule has 2 aromatic carbocycles. The third kappa shape index (κ3) is 10.9. The zero-order valence-corrected chi connectivity index (χ0v) is 33.8. The van der Waals surface area contributed by atoms with Crippen molar-refractivity contribution < 1.29 is 52.5 Å². The maximum absolute atomic E-state index is 14.1. The number of nitrogens with one attached hydrogen (secondary N) is 3. The summed E-state index contributed by atoms with van der Waals surface area (Å²) in [5, 5.41) is 13.4. The van der Waals surface area contributed by atoms with E-state index in [1.165, 1.54) is 87.8 Å². The number of hydrogen-bond acceptors (Lipinski definition) is 14. The molecule has 2 heterocycles. The lowest BCUT2D eigenvalue weighted by Gasteiger charge is -2.20. The highest BCUT2D eigenvalue weighted by molar-refractivity contribution is 6.11. The van der Waals surface area contributed by atoms with Crippen LogP contribution in [-0.2, 0) is 23.7 Å². The van der Waals surface area contributed by atoms with E-state index in [4.69, 9.17) is 29.1 Å². The molecule has 0 spiro atoms. The van der Waals surface area contributed by atoms with Crippen LogP contribution >= 0.6 is 0 Å². The van der Waals surface area contributed by atoms with Gasteiger partial charge in [0.15, 0.2) is 5.69 Å². The summed E-state index contributed by atoms with van der Waals surface area (Å²) in [6.45, 7) is 9.78. The van der Waals surface area contributed by atoms with Crippen LogP contribution in [0.1, 0.15) is 93.5 Å². The summed E-state index contributed by atoms with van der Waals surface area (Å²) in [6.07, 6.45) is 0.912. The van der Waals surface area contributed by atoms with E-state index in [-0.39, 0.29) is 51.2 Å². The van der Waals surface area contributed by atoms with E-state index in [9.17, 15) is 28.8 Å². The first-order chi connectivity index (χ1) is 28.6. The van der Waals surface area contributed by atoms with Gasteiger partial charge in [0.1, 0.15) is 23.0 Å². The molecule has 2 aromatic heterocycles. The lowest BCUT2D eigenvalue weighted by Crippen LogP contribution is -2.34. The smallest absolute Gasteiger partial charge is 0.415 e. The standard InChI is InChI=1S/C43H44N6O11/c1-8-26-21-32(38(50)46-28-14-12-27(13-15-28)37(44)48-43(55)60-25(5)58-41(53)34-11-9-10-20-45-34)31(22-35(26)56-7)30-18-19-33(39(51)49(6)29-16-17-29)47-36(30)42(54)59-24(4)57-40(52)23(2)3/h8-15,18-25,29H,1,16-17H2,2-7H3,(H,46,50)(H2,44,48,55). The number of carbonyl (C=O) groups is 6. The lowest BCUT2D eigenvalue weighted by atomic mass is 9.94. The van der Waals surface area contributed by atoms with E-state index in [1.807, 2.05) is 0 Å². The number of hydrogen-bond donors (Lipinski definition) is 3. The monoisotopic (exact) mass is 820 g/mol. The molecule has 17 nitrogen and oxygen atoms in total. The van der Waals surface area contributed by atoms with Crippen LogP contribution in [0, 0.1) is 11.3 Å². The number of benzene rings is 2. The van der Waals surface area contributed by atoms with Crippen molar-refractivity contribution in [1.29, 1.82) is 5.41 Å². The average Bonchev–Trinajstić information content (AvgIpc) is 4.08. The van der Waals surface area contributed by atoms with E-state index in [0.717, 1.165) is 12.8 Å². The molecule has 5 rings (SSSR count). The van der Waals surface area contributed by atoms with Gasteiger partial charge in [0, 0.05) is 66.6 Å². The summed E-state index contributed by atoms with van der Waals surface area (Å²) in [5.74, 6) is -4.02. The molecule has 3 N–H and O–H groups in total. The molecule has 3 amide bonds. The predicted molar refractivity (Wildman–Crippen MR) is 217 cm³/mol. The molecule has 17 heteroatoms. The van der Waals surface area contributed by atoms with Crippen LogP contribution in [-0.4, -0.2) is 89.3 Å². The predicted octanol–water partition coefficient (Wildman–Crippen LogP) is 6.24. The van der Waals surface area contributed by atoms with Gasteiger partial charge in [0.05, 0.1) is 13.0 Å². The van der Waals surface area contributed by atoms with Gasteiger partial charge in [-0.05, 0) is 73.5 Å². The molecule has 2 unspecified atom stereocenters. The Balaban J connectivity index is 1.38. The van der Waals surface area contributed by atoms with E-state index in [2.05, 4.69) is 27.2 Å². The van der Waals surface area contributed by atoms with Crippen LogP contribution < -0.4 is 15.4 Å². The number of amides is 3. The molecule has 1 saturated carbocycles. The van der Waals surface area contributed by atoms with Crippen LogP contribution in [0.4, 0.5) is 10.5 Å². The van der Waals surface area contributed by atoms with Crippen LogP contribution in [0.3, 0.4) is 0 Å². The van der Waals surface area contributed by atoms with E-state index >= 15 is 0 Å². The number of amidine groups is 1. The summed E-state index contributed by atoms with van der Waals surface area (Å²) in [7, 11) is 3.07. The number of anilines is 1. The Kier molecular flexibility index (Phi) is 14.1. The fourth-order valence-corrected chi connectivity index (χ4v) is 5.63. The van der Waals surface area contributed by atoms with Crippen LogP contribution in [0.25, 0.3) is 17.2 Å². The van der Waals surface area contributed by atoms with E-state index in [0.29, 0.717) is 17.0 Å². The Morgan fingerprint density at radius 3 is 2.15 bits per heavy atom. The number of rotatable bonds is 15. The summed E-state index contributed by atoms with van der Waals surface area (Å²) in [5.41, 5.74) is 0.967. The molecule has 2 atom stereocenters. The van der Waals surface area contributed by atoms with Gasteiger partial charge in [-0.2, -0.15) is 0 Å². The van der Waals surface area contributed by atoms with Crippen LogP contribution in [0.2, 0.25) is 0 Å². The molecule has 4 aromatic rings. The molecule has 0 radical (unpaired) electrons. The summed E-state index contributed by atoms with van der Waals surface area (Å²) < 4.78 is 26.4. The average molecular weight is 821 g/mol. The zero-order chi connectivity index (χ0) is 43.7. The first-order valence-electron chi connectivity index (χ1n) is 18.7. The summed E-state index contributed by atoms with van der Waals surface area (Å²) >= 11 is 0. The highest BCUT2D eigenvalue weighted by Gasteiger charge is 2.32. The molecule has 312 valence electrons. The van der Waals surface area contributed by atoms with Crippen molar-refractivity contribution in [2.45, 2.75) is 59.2 Å². The van der Waals surface area contributed by atoms with Crippen LogP contribution in [0.15, 0.2) is 79.5 Å². The van der Waals surface area contributed by atoms with Gasteiger partial charge in [0.2, 0.25) is 12.6 Å². The topological polar surface area (TPSA) is 225 Å². The third-order valence-electron chi connectivity index (χ3n) is 8.95. The third-order valence-corrected chi connectivity index (χ3v) is 8.95. The van der Waals surface area contributed by atoms with E-state index in [1.54, 1.807) is 37.9 Å². The van der Waals surface area contributed by atoms with E-state index < -0.39 is 54.3 Å². The largest absolute Gasteiger partial charge is 0.496 e. The normalized spacial score (nSPS) is 12.8. The Hall–Kier alpha value is -7.43. The minimum absolute atomic E-state index is 0.0239. The molecular weight excluding hydrogens is 777 g/mol. The number of pyridine rings is 2. The number of methoxy groups -OCH3 is 1. The molecular formula is C43H44N6O11. The number of nitrogens with zero attached hydrogens (tertiary/aromatic N) is 3. The van der Waals surface area contributed by atoms with Crippen molar-refractivity contribution in [3.05, 3.63) is 113 Å². The molecule has 1 fully saturated rings. The number of ether oxygens (including phenoxy) is 5. The number of carbonyl (C=O) groups excluding carboxylic acids is 6. The SMILES string of the molecule is C=Cc1cc(C(=O)Nc2ccc(C(=N)NC(=O)OC(C)OC(=O)c3ccccn3)cc2)c(-c2ccc(C(=O)N(C)C3CC3)nc2C(=O)OC(C)OC(=O)C(C)C)cc1OC. The second-order valence-electron chi connectivity index (χ2n) is 13.8. The fourth-order valence-electron chi connectivity index (χ4n) is 5.63. The highest BCUT2D eigenvalue weighted by Crippen LogP contribution is 2.35. The highest BCUT2D eigenvalue weighted by atomic mass is 16.7. The van der Waals surface area contributed by atoms with Gasteiger partial charge >= 0.3 is 24.0 Å². The van der Waals surface area contributed by atoms with Gasteiger partial charge < -0.3 is 33.9 Å². The van der Waals surface area contributed by atoms with Crippen molar-refractivity contribution in [1.82, 2.24) is 20.2 Å². The van der Waals surface area contributed by atoms with Gasteiger partial charge in [0.25, 0.3) is 11.8 Å². The number of esters is 3. The molecule has 1 aliphatic rings. The quantitative estimate of drug-likeness (QED) is 0.0523. The Morgan fingerprint density at radius 2 is 1.53 bits per heavy atom. The minimum atomic E-state index is -1.31. The van der Waals surface area contributed by atoms with Crippen molar-refractivity contribution in [2.24, 2.45) is 5.92 Å². The van der Waals surface area contributed by atoms with Crippen molar-refractivity contribution in [2.75, 3.05) is 19.5 Å². The van der Waals surface area contributed by atoms with Crippen molar-refractivity contribution >= 4 is 53.4 Å². The molecule has 0 aliphatic heterocycles. The Morgan fingerprint density at radius 1 is 0.850 bits per heavy atom.